The van der Waals surface area contributed by atoms with Gasteiger partial charge >= 0.3 is 178 Å². The van der Waals surface area contributed by atoms with Crippen LogP contribution in [-0.2, 0) is 129 Å². The van der Waals surface area contributed by atoms with E-state index in [9.17, 15) is 25.5 Å². The second-order valence-corrected chi connectivity index (χ2v) is 57.2. The number of aromatic hydroxyl groups is 5. The van der Waals surface area contributed by atoms with E-state index in [1.165, 1.54) is 133 Å². The second-order valence-electron chi connectivity index (χ2n) is 37.9. The van der Waals surface area contributed by atoms with Gasteiger partial charge in [-0.1, -0.05) is 314 Å². The predicted molar refractivity (Wildman–Crippen MR) is 651 cm³/mol. The van der Waals surface area contributed by atoms with Gasteiger partial charge in [-0.15, -0.1) is 0 Å². The van der Waals surface area contributed by atoms with Crippen LogP contribution in [0.25, 0.3) is 0 Å². The Morgan fingerprint density at radius 1 is 0.221 bits per heavy atom. The van der Waals surface area contributed by atoms with Crippen molar-refractivity contribution in [1.82, 2.24) is 0 Å². The molecule has 15 aromatic rings. The van der Waals surface area contributed by atoms with Crippen LogP contribution in [0.3, 0.4) is 0 Å². The first-order chi connectivity index (χ1) is 71.0. The molecule has 0 heterocycles. The Labute approximate surface area is 981 Å². The Kier molecular flexibility index (Phi) is 62.2. The fourth-order valence-electron chi connectivity index (χ4n) is 16.3. The molecule has 784 valence electrons. The zero-order valence-corrected chi connectivity index (χ0v) is 109. The fourth-order valence-corrected chi connectivity index (χ4v) is 23.4. The molecule has 0 spiro atoms. The van der Waals surface area contributed by atoms with Gasteiger partial charge in [-0.25, -0.2) is 0 Å². The van der Waals surface area contributed by atoms with Crippen molar-refractivity contribution in [3.63, 3.8) is 0 Å². The molecule has 0 amide bonds. The zero-order chi connectivity index (χ0) is 110. The molecule has 0 saturated carbocycles. The number of rotatable bonds is 25. The molecule has 5 unspecified atom stereocenters. The molecule has 149 heavy (non-hydrogen) atoms. The van der Waals surface area contributed by atoms with Gasteiger partial charge in [0.2, 0.25) is 0 Å². The molecule has 0 fully saturated rings. The fraction of sp³-hybridized carbons (Fsp3) is 0.244. The van der Waals surface area contributed by atoms with E-state index in [1.54, 1.807) is 6.07 Å². The number of benzene rings is 15. The molecule has 10 nitrogen and oxygen atoms in total. The number of hydrogen-bond acceptors (Lipinski definition) is 10. The molecule has 5 atom stereocenters. The van der Waals surface area contributed by atoms with Gasteiger partial charge in [-0.3, -0.25) is 0 Å². The molecular formula is C119H138Cl10N5O5P5Ti5. The van der Waals surface area contributed by atoms with E-state index in [2.05, 4.69) is 405 Å². The van der Waals surface area contributed by atoms with E-state index >= 15 is 0 Å². The number of phenolic OH excluding ortho intramolecular Hbond substituents is 5. The molecule has 15 aromatic carbocycles. The average molecular weight is 2470 g/mol. The maximum absolute atomic E-state index is 11.0. The van der Waals surface area contributed by atoms with E-state index in [4.69, 9.17) is 93.0 Å². The van der Waals surface area contributed by atoms with Gasteiger partial charge in [0.05, 0.1) is 0 Å². The third-order valence-electron chi connectivity index (χ3n) is 24.2. The Morgan fingerprint density at radius 2 is 0.456 bits per heavy atom. The van der Waals surface area contributed by atoms with Crippen LogP contribution in [0.15, 0.2) is 315 Å². The van der Waals surface area contributed by atoms with Crippen LogP contribution >= 0.6 is 136 Å². The van der Waals surface area contributed by atoms with E-state index in [1.807, 2.05) is 81.4 Å². The Hall–Kier alpha value is -5.08. The molecule has 15 rings (SSSR count). The summed E-state index contributed by atoms with van der Waals surface area (Å²) >= 11 is -2.78. The quantitative estimate of drug-likeness (QED) is 0.0280. The van der Waals surface area contributed by atoms with Crippen molar-refractivity contribution in [3.8, 4) is 28.7 Å². The van der Waals surface area contributed by atoms with Gasteiger partial charge in [0.1, 0.15) is 28.7 Å². The summed E-state index contributed by atoms with van der Waals surface area (Å²) in [5, 5.41) is 64.7. The van der Waals surface area contributed by atoms with Gasteiger partial charge in [0.25, 0.3) is 0 Å². The van der Waals surface area contributed by atoms with Gasteiger partial charge in [0, 0.05) is 128 Å². The van der Waals surface area contributed by atoms with Crippen molar-refractivity contribution in [2.45, 2.75) is 161 Å². The SMILES string of the molecule is Cc1cc(C(C)(C)C)cc(Pc2c(C)cccc2CN(C)c2ccccc2)c1O.Cc1cc(C)c(O)c(Pc2c(C)cccc2CN(C)c2ccccc2)c1.Cc1cc(Pc2c(C)cccc2CN(C)c2ccccc2)c(O)c(C(C)(C)C)c1.Cc1ccc(O)c(Pc2c(C)cccc2CN(C)c2ccccc2)c1.Cc1cccc(Pc2c(C)cccc2CN(C)c2ccccc2)c1O.[Cl][Ti][Cl].[Cl][Ti][Cl].[Cl][Ti][Cl].[Cl][Ti][Cl].[Cl][Ti][Cl]. The molecule has 0 aliphatic heterocycles. The van der Waals surface area contributed by atoms with Crippen molar-refractivity contribution < 1.29 is 111 Å². The minimum absolute atomic E-state index is 0.0553. The number of para-hydroxylation sites is 6. The van der Waals surface area contributed by atoms with Crippen molar-refractivity contribution >= 4 is 217 Å². The molecule has 30 heteroatoms. The Balaban J connectivity index is 0.000000275. The third-order valence-corrected chi connectivity index (χ3v) is 32.3. The maximum atomic E-state index is 11.0. The normalized spacial score (nSPS) is 10.8. The summed E-state index contributed by atoms with van der Waals surface area (Å²) < 4.78 is 0. The second kappa shape index (κ2) is 69.9. The number of phenols is 5. The molecule has 0 aliphatic carbocycles. The molecule has 0 saturated heterocycles. The number of hydrogen-bond donors (Lipinski definition) is 5. The van der Waals surface area contributed by atoms with Crippen LogP contribution in [-0.4, -0.2) is 60.8 Å². The first-order valence-electron chi connectivity index (χ1n) is 47.9. The van der Waals surface area contributed by atoms with E-state index in [0.717, 1.165) is 81.5 Å². The van der Waals surface area contributed by atoms with Crippen LogP contribution < -0.4 is 77.5 Å². The summed E-state index contributed by atoms with van der Waals surface area (Å²) in [5.41, 5.74) is 27.6. The standard InChI is InChI=1S/2C26H32NOP.C23H26NOP.2C22H24NOP.10ClH.5Ti/c1-18-15-22(26(3,4)5)24(28)23(16-18)29-25-19(2)11-10-12-20(25)17-27(6)21-13-8-7-9-14-21;1-18-11-10-12-20(17-27(6)22-13-8-7-9-14-22)25(18)29-23-16-21(26(3,4)5)15-19(2)24(23)28;1-16-13-18(3)22(25)21(14-16)26-23-17(2)9-8-10-19(23)15-24(4)20-11-6-5-7-12-20;1-16-9-8-14-20(21(16)24)25-22-17(2)10-7-11-18(22)15-23(3)19-12-5-4-6-13-19;1-16-12-13-20(24)21(14-16)25-22-17(2)8-7-9-18(22)15-23(3)19-10-5-4-6-11-19;;;;;;;;;;;;;;;/h2*7-16,28-29H,17H2,1-6H3;5-14,25-26H,15H2,1-4H3;2*4-14,24-25H,15H2,1-3H3;10*1H;;;;;/q;;;;;;;;;;;;;;;5*+2/p-10. The Morgan fingerprint density at radius 3 is 0.745 bits per heavy atom. The molecule has 0 aliphatic rings. The minimum atomic E-state index is -0.556. The Bertz CT molecular complexity index is 6380. The summed E-state index contributed by atoms with van der Waals surface area (Å²) in [5.74, 6) is 2.12. The molecule has 0 radical (unpaired) electrons. The van der Waals surface area contributed by atoms with Crippen LogP contribution in [0.5, 0.6) is 28.7 Å². The first-order valence-corrected chi connectivity index (χ1v) is 74.4. The van der Waals surface area contributed by atoms with Crippen molar-refractivity contribution in [3.05, 3.63) is 416 Å². The zero-order valence-electron chi connectivity index (χ0n) is 88.8. The number of anilines is 5. The van der Waals surface area contributed by atoms with Gasteiger partial charge < -0.3 is 50.0 Å². The number of aryl methyl sites for hydroxylation is 11. The van der Waals surface area contributed by atoms with E-state index in [-0.39, 0.29) is 10.8 Å². The van der Waals surface area contributed by atoms with Crippen molar-refractivity contribution in [2.24, 2.45) is 0 Å². The first kappa shape index (κ1) is 133. The summed E-state index contributed by atoms with van der Waals surface area (Å²) in [6, 6.07) is 109. The van der Waals surface area contributed by atoms with Crippen LogP contribution in [0.1, 0.15) is 142 Å². The van der Waals surface area contributed by atoms with E-state index < -0.39 is 85.2 Å². The van der Waals surface area contributed by atoms with Crippen LogP contribution in [0.2, 0.25) is 0 Å². The monoisotopic (exact) mass is 2460 g/mol. The summed E-state index contributed by atoms with van der Waals surface area (Å²) in [6.45, 7) is 40.4. The molecular weight excluding hydrogens is 2330 g/mol. The molecule has 0 bridgehead atoms. The van der Waals surface area contributed by atoms with Crippen LogP contribution in [0, 0.1) is 76.2 Å². The predicted octanol–water partition coefficient (Wildman–Crippen LogP) is 31.2. The van der Waals surface area contributed by atoms with Gasteiger partial charge in [-0.2, -0.15) is 0 Å². The molecule has 5 N–H and O–H groups in total. The van der Waals surface area contributed by atoms with Crippen LogP contribution in [0.4, 0.5) is 28.4 Å². The number of nitrogens with zero attached hydrogens (tertiary/aromatic N) is 5. The van der Waals surface area contributed by atoms with E-state index in [0.29, 0.717) is 71.7 Å². The number of halogens is 10. The summed E-state index contributed by atoms with van der Waals surface area (Å²) in [7, 11) is 61.7. The van der Waals surface area contributed by atoms with Crippen molar-refractivity contribution in [2.75, 3.05) is 59.7 Å². The van der Waals surface area contributed by atoms with Gasteiger partial charge in [0.15, 0.2) is 0 Å². The topological polar surface area (TPSA) is 117 Å². The summed E-state index contributed by atoms with van der Waals surface area (Å²) in [6.07, 6.45) is 0. The average Bonchev–Trinajstić information content (AvgIpc) is 0.805. The van der Waals surface area contributed by atoms with Crippen molar-refractivity contribution in [1.29, 1.82) is 0 Å². The third kappa shape index (κ3) is 44.7. The van der Waals surface area contributed by atoms with Gasteiger partial charge in [-0.05, 0) is 294 Å². The summed E-state index contributed by atoms with van der Waals surface area (Å²) in [4.78, 5) is 11.3. The molecule has 0 aromatic heterocycles.